The van der Waals surface area contributed by atoms with Crippen LogP contribution in [0.5, 0.6) is 5.75 Å². The highest BCUT2D eigenvalue weighted by molar-refractivity contribution is 5.74. The van der Waals surface area contributed by atoms with Gasteiger partial charge in [0.15, 0.2) is 12.7 Å². The molecule has 0 saturated carbocycles. The average Bonchev–Trinajstić information content (AvgIpc) is 3.09. The lowest BCUT2D eigenvalue weighted by Crippen LogP contribution is -2.24. The smallest absolute Gasteiger partial charge is 0.335 e. The van der Waals surface area contributed by atoms with Crippen LogP contribution in [-0.4, -0.2) is 35.4 Å². The van der Waals surface area contributed by atoms with E-state index >= 15 is 0 Å². The Bertz CT molecular complexity index is 681. The Kier molecular flexibility index (Phi) is 7.59. The van der Waals surface area contributed by atoms with E-state index in [4.69, 9.17) is 18.7 Å². The second-order valence-electron chi connectivity index (χ2n) is 6.27. The minimum atomic E-state index is -0.623. The number of aromatic nitrogens is 2. The third-order valence-electron chi connectivity index (χ3n) is 3.62. The molecule has 26 heavy (non-hydrogen) atoms. The van der Waals surface area contributed by atoms with Crippen LogP contribution in [-0.2, 0) is 20.9 Å². The third kappa shape index (κ3) is 6.15. The van der Waals surface area contributed by atoms with Gasteiger partial charge in [-0.25, -0.2) is 4.79 Å². The predicted molar refractivity (Wildman–Crippen MR) is 95.6 cm³/mol. The number of carbonyl (C=O) groups excluding carboxylic acids is 1. The molecular weight excluding hydrogens is 336 g/mol. The van der Waals surface area contributed by atoms with Crippen molar-refractivity contribution >= 4 is 5.97 Å². The summed E-state index contributed by atoms with van der Waals surface area (Å²) < 4.78 is 21.1. The maximum atomic E-state index is 11.9. The number of hydrogen-bond acceptors (Lipinski definition) is 7. The zero-order valence-corrected chi connectivity index (χ0v) is 15.7. The lowest BCUT2D eigenvalue weighted by Gasteiger charge is -2.12. The lowest BCUT2D eigenvalue weighted by molar-refractivity contribution is -0.158. The van der Waals surface area contributed by atoms with Gasteiger partial charge in [-0.05, 0) is 50.5 Å². The number of rotatable bonds is 10. The Morgan fingerprint density at radius 3 is 2.58 bits per heavy atom. The van der Waals surface area contributed by atoms with E-state index in [0.717, 1.165) is 17.7 Å². The predicted octanol–water partition coefficient (Wildman–Crippen LogP) is 3.63. The first-order valence-electron chi connectivity index (χ1n) is 8.83. The second kappa shape index (κ2) is 9.91. The van der Waals surface area contributed by atoms with Gasteiger partial charge in [0.2, 0.25) is 5.82 Å². The summed E-state index contributed by atoms with van der Waals surface area (Å²) in [6.45, 7) is 8.85. The molecule has 0 amide bonds. The molecule has 0 aliphatic carbocycles. The molecule has 2 aromatic rings. The first-order chi connectivity index (χ1) is 12.5. The van der Waals surface area contributed by atoms with Gasteiger partial charge < -0.3 is 18.7 Å². The monoisotopic (exact) mass is 362 g/mol. The molecule has 1 aromatic carbocycles. The number of carbonyl (C=O) groups is 1. The minimum Gasteiger partial charge on any atom is -0.494 e. The van der Waals surface area contributed by atoms with Gasteiger partial charge in [0.1, 0.15) is 5.75 Å². The van der Waals surface area contributed by atoms with Gasteiger partial charge in [-0.2, -0.15) is 4.98 Å². The fourth-order valence-electron chi connectivity index (χ4n) is 2.10. The van der Waals surface area contributed by atoms with E-state index in [1.54, 1.807) is 6.92 Å². The summed E-state index contributed by atoms with van der Waals surface area (Å²) in [6, 6.07) is 7.36. The van der Waals surface area contributed by atoms with Crippen LogP contribution in [0.2, 0.25) is 0 Å². The quantitative estimate of drug-likeness (QED) is 0.597. The van der Waals surface area contributed by atoms with Crippen molar-refractivity contribution in [2.24, 2.45) is 5.92 Å². The molecule has 0 aliphatic heterocycles. The molecule has 7 nitrogen and oxygen atoms in total. The van der Waals surface area contributed by atoms with Gasteiger partial charge in [0.25, 0.3) is 5.89 Å². The fraction of sp³-hybridized carbons (Fsp3) is 0.526. The van der Waals surface area contributed by atoms with E-state index < -0.39 is 12.1 Å². The topological polar surface area (TPSA) is 83.7 Å². The van der Waals surface area contributed by atoms with E-state index in [-0.39, 0.29) is 12.5 Å². The lowest BCUT2D eigenvalue weighted by atomic mass is 10.1. The largest absolute Gasteiger partial charge is 0.494 e. The molecule has 0 saturated heterocycles. The Hall–Kier alpha value is -2.41. The highest BCUT2D eigenvalue weighted by Gasteiger charge is 2.17. The van der Waals surface area contributed by atoms with Gasteiger partial charge in [-0.1, -0.05) is 19.0 Å². The molecule has 1 unspecified atom stereocenters. The Morgan fingerprint density at radius 1 is 1.19 bits per heavy atom. The van der Waals surface area contributed by atoms with Crippen molar-refractivity contribution in [1.29, 1.82) is 0 Å². The normalized spacial score (nSPS) is 12.2. The third-order valence-corrected chi connectivity index (χ3v) is 3.62. The minimum absolute atomic E-state index is 0.0826. The van der Waals surface area contributed by atoms with Crippen molar-refractivity contribution < 1.29 is 23.5 Å². The molecule has 7 heteroatoms. The highest BCUT2D eigenvalue weighted by atomic mass is 16.6. The molecule has 2 rings (SSSR count). The number of hydrogen-bond donors (Lipinski definition) is 0. The van der Waals surface area contributed by atoms with Gasteiger partial charge >= 0.3 is 5.97 Å². The molecule has 0 N–H and O–H groups in total. The molecule has 1 atom stereocenters. The first kappa shape index (κ1) is 19.9. The van der Waals surface area contributed by atoms with Crippen molar-refractivity contribution in [2.75, 3.05) is 13.2 Å². The Balaban J connectivity index is 1.83. The van der Waals surface area contributed by atoms with E-state index in [0.29, 0.717) is 25.0 Å². The van der Waals surface area contributed by atoms with Gasteiger partial charge in [-0.15, -0.1) is 0 Å². The van der Waals surface area contributed by atoms with Crippen LogP contribution in [0.1, 0.15) is 40.0 Å². The summed E-state index contributed by atoms with van der Waals surface area (Å²) in [4.78, 5) is 16.2. The molecular formula is C19H26N2O5. The summed E-state index contributed by atoms with van der Waals surface area (Å²) in [7, 11) is 0. The highest BCUT2D eigenvalue weighted by Crippen LogP contribution is 2.20. The molecule has 1 aromatic heterocycles. The van der Waals surface area contributed by atoms with Gasteiger partial charge in [0.05, 0.1) is 6.61 Å². The maximum Gasteiger partial charge on any atom is 0.335 e. The van der Waals surface area contributed by atoms with Crippen LogP contribution in [0.15, 0.2) is 28.8 Å². The summed E-state index contributed by atoms with van der Waals surface area (Å²) >= 11 is 0. The molecule has 0 bridgehead atoms. The average molecular weight is 362 g/mol. The first-order valence-corrected chi connectivity index (χ1v) is 8.83. The van der Waals surface area contributed by atoms with Crippen LogP contribution in [0.25, 0.3) is 11.4 Å². The summed E-state index contributed by atoms with van der Waals surface area (Å²) in [5, 5.41) is 3.90. The number of benzene rings is 1. The molecule has 142 valence electrons. The van der Waals surface area contributed by atoms with Crippen molar-refractivity contribution in [3.63, 3.8) is 0 Å². The van der Waals surface area contributed by atoms with Crippen LogP contribution < -0.4 is 4.74 Å². The second-order valence-corrected chi connectivity index (χ2v) is 6.27. The van der Waals surface area contributed by atoms with Crippen LogP contribution in [0, 0.1) is 5.92 Å². The van der Waals surface area contributed by atoms with Crippen LogP contribution in [0.3, 0.4) is 0 Å². The fourth-order valence-corrected chi connectivity index (χ4v) is 2.10. The van der Waals surface area contributed by atoms with Crippen molar-refractivity contribution in [3.05, 3.63) is 30.2 Å². The summed E-state index contributed by atoms with van der Waals surface area (Å²) in [6.07, 6.45) is 0.273. The van der Waals surface area contributed by atoms with E-state index in [1.165, 1.54) is 0 Å². The van der Waals surface area contributed by atoms with E-state index in [1.807, 2.05) is 31.2 Å². The van der Waals surface area contributed by atoms with Crippen LogP contribution >= 0.6 is 0 Å². The zero-order valence-electron chi connectivity index (χ0n) is 15.7. The summed E-state index contributed by atoms with van der Waals surface area (Å²) in [5.41, 5.74) is 0.792. The van der Waals surface area contributed by atoms with Crippen molar-refractivity contribution in [3.8, 4) is 17.1 Å². The van der Waals surface area contributed by atoms with E-state index in [2.05, 4.69) is 24.0 Å². The molecule has 0 spiro atoms. The SMILES string of the molecule is CCOc1ccc(-c2noc(COC(=O)C(C)OCCC(C)C)n2)cc1. The molecule has 0 aliphatic rings. The zero-order chi connectivity index (χ0) is 18.9. The molecule has 0 radical (unpaired) electrons. The number of esters is 1. The van der Waals surface area contributed by atoms with Crippen LogP contribution in [0.4, 0.5) is 0 Å². The number of nitrogens with zero attached hydrogens (tertiary/aromatic N) is 2. The molecule has 1 heterocycles. The Labute approximate surface area is 153 Å². The number of ether oxygens (including phenoxy) is 3. The van der Waals surface area contributed by atoms with Gasteiger partial charge in [-0.3, -0.25) is 0 Å². The maximum absolute atomic E-state index is 11.9. The standard InChI is InChI=1S/C19H26N2O5/c1-5-23-16-8-6-15(7-9-16)18-20-17(26-21-18)12-25-19(22)14(4)24-11-10-13(2)3/h6-9,13-14H,5,10-12H2,1-4H3. The van der Waals surface area contributed by atoms with Gasteiger partial charge in [0, 0.05) is 12.2 Å². The van der Waals surface area contributed by atoms with Crippen molar-refractivity contribution in [2.45, 2.75) is 46.8 Å². The van der Waals surface area contributed by atoms with E-state index in [9.17, 15) is 4.79 Å². The Morgan fingerprint density at radius 2 is 1.92 bits per heavy atom. The van der Waals surface area contributed by atoms with Crippen molar-refractivity contribution in [1.82, 2.24) is 10.1 Å². The molecule has 0 fully saturated rings. The summed E-state index contributed by atoms with van der Waals surface area (Å²) in [5.74, 6) is 1.52.